The normalized spacial score (nSPS) is 19.9. The number of carboxylic acid groups (broad SMARTS) is 1. The highest BCUT2D eigenvalue weighted by Gasteiger charge is 2.41. The van der Waals surface area contributed by atoms with Crippen LogP contribution in [0.4, 0.5) is 14.9 Å². The third kappa shape index (κ3) is 9.57. The summed E-state index contributed by atoms with van der Waals surface area (Å²) in [5.74, 6) is 1.16. The van der Waals surface area contributed by atoms with Gasteiger partial charge in [0.15, 0.2) is 0 Å². The molecule has 0 spiro atoms. The molecule has 0 bridgehead atoms. The topological polar surface area (TPSA) is 99.2 Å². The van der Waals surface area contributed by atoms with Gasteiger partial charge in [-0.15, -0.1) is 0 Å². The molecule has 10 nitrogen and oxygen atoms in total. The molecule has 254 valence electrons. The fraction of sp³-hybridized carbons (Fsp3) is 0.472. The van der Waals surface area contributed by atoms with Gasteiger partial charge in [0.1, 0.15) is 24.3 Å². The molecular weight excluding hydrogens is 607 g/mol. The van der Waals surface area contributed by atoms with Crippen LogP contribution in [0.3, 0.4) is 0 Å². The lowest BCUT2D eigenvalue weighted by atomic mass is 9.84. The van der Waals surface area contributed by atoms with Crippen LogP contribution in [-0.2, 0) is 32.2 Å². The second kappa shape index (κ2) is 17.3. The van der Waals surface area contributed by atoms with E-state index in [-0.39, 0.29) is 38.8 Å². The Morgan fingerprint density at radius 1 is 0.957 bits per heavy atom. The number of hydrogen-bond acceptors (Lipinski definition) is 8. The van der Waals surface area contributed by atoms with Gasteiger partial charge in [-0.25, -0.2) is 9.18 Å². The molecule has 0 saturated carbocycles. The maximum atomic E-state index is 15.0. The zero-order chi connectivity index (χ0) is 33.0. The Morgan fingerprint density at radius 3 is 2.45 bits per heavy atom. The molecule has 2 heterocycles. The van der Waals surface area contributed by atoms with Crippen molar-refractivity contribution in [1.82, 2.24) is 4.90 Å². The van der Waals surface area contributed by atoms with E-state index < -0.39 is 24.5 Å². The minimum absolute atomic E-state index is 0.0795. The number of alkyl halides is 1. The highest BCUT2D eigenvalue weighted by atomic mass is 19.1. The number of ether oxygens (including phenoxy) is 6. The summed E-state index contributed by atoms with van der Waals surface area (Å²) < 4.78 is 49.8. The third-order valence-electron chi connectivity index (χ3n) is 8.50. The number of nitrogens with zero attached hydrogens (tertiary/aromatic N) is 2. The van der Waals surface area contributed by atoms with Gasteiger partial charge in [0.25, 0.3) is 0 Å². The van der Waals surface area contributed by atoms with Gasteiger partial charge in [0.2, 0.25) is 0 Å². The van der Waals surface area contributed by atoms with E-state index in [1.165, 1.54) is 4.90 Å². The van der Waals surface area contributed by atoms with Crippen molar-refractivity contribution in [2.45, 2.75) is 43.9 Å². The van der Waals surface area contributed by atoms with E-state index in [0.29, 0.717) is 25.6 Å². The summed E-state index contributed by atoms with van der Waals surface area (Å²) in [6.45, 7) is 3.30. The predicted octanol–water partition coefficient (Wildman–Crippen LogP) is 5.53. The van der Waals surface area contributed by atoms with Crippen molar-refractivity contribution >= 4 is 11.8 Å². The van der Waals surface area contributed by atoms with Crippen molar-refractivity contribution in [1.29, 1.82) is 0 Å². The van der Waals surface area contributed by atoms with Gasteiger partial charge in [0.05, 0.1) is 71.1 Å². The van der Waals surface area contributed by atoms with Crippen molar-refractivity contribution in [3.05, 3.63) is 89.5 Å². The molecule has 3 aromatic rings. The Bertz CT molecular complexity index is 1400. The number of methoxy groups -OCH3 is 2. The smallest absolute Gasteiger partial charge is 0.407 e. The fourth-order valence-corrected chi connectivity index (χ4v) is 6.10. The van der Waals surface area contributed by atoms with Gasteiger partial charge >= 0.3 is 6.09 Å². The van der Waals surface area contributed by atoms with E-state index >= 15 is 4.39 Å². The van der Waals surface area contributed by atoms with Gasteiger partial charge in [0, 0.05) is 26.2 Å². The number of amides is 1. The third-order valence-corrected chi connectivity index (χ3v) is 8.50. The van der Waals surface area contributed by atoms with Crippen LogP contribution >= 0.6 is 0 Å². The summed E-state index contributed by atoms with van der Waals surface area (Å²) in [6, 6.07) is 23.1. The summed E-state index contributed by atoms with van der Waals surface area (Å²) in [5, 5.41) is 10.0. The molecule has 4 atom stereocenters. The minimum Gasteiger partial charge on any atom is -0.497 e. The summed E-state index contributed by atoms with van der Waals surface area (Å²) in [6.07, 6.45) is -2.79. The summed E-state index contributed by atoms with van der Waals surface area (Å²) in [5.41, 5.74) is 3.78. The molecule has 1 N–H and O–H groups in total. The average molecular weight is 653 g/mol. The number of fused-ring (bicyclic) bond motifs is 1. The van der Waals surface area contributed by atoms with Gasteiger partial charge < -0.3 is 43.3 Å². The molecule has 1 saturated heterocycles. The van der Waals surface area contributed by atoms with Crippen molar-refractivity contribution in [2.24, 2.45) is 0 Å². The number of anilines is 1. The summed E-state index contributed by atoms with van der Waals surface area (Å²) in [7, 11) is 3.30. The standard InChI is InChI=1S/C36H45FN2O8/c1-42-17-6-15-38-16-18-45-32-14-9-27(19-31(32)38)23-46-33-20-39(36(40)41)21-34(35(33)28-10-12-30(43-2)13-11-28)47-25-29(37)24-44-22-26-7-4-3-5-8-26/h3-5,7-14,19,29,33-35H,6,15-18,20-25H2,1-2H3,(H,40,41)/t29?,33-,34+,35+/m0/s1. The quantitative estimate of drug-likeness (QED) is 0.200. The van der Waals surface area contributed by atoms with Gasteiger partial charge in [-0.1, -0.05) is 48.5 Å². The predicted molar refractivity (Wildman–Crippen MR) is 175 cm³/mol. The maximum absolute atomic E-state index is 15.0. The van der Waals surface area contributed by atoms with E-state index in [1.807, 2.05) is 66.7 Å². The number of piperidine rings is 1. The molecule has 2 aliphatic rings. The first-order valence-corrected chi connectivity index (χ1v) is 16.1. The molecular formula is C36H45FN2O8. The molecule has 5 rings (SSSR count). The van der Waals surface area contributed by atoms with Crippen LogP contribution in [-0.4, -0.2) is 101 Å². The van der Waals surface area contributed by atoms with Crippen LogP contribution in [0.2, 0.25) is 0 Å². The lowest BCUT2D eigenvalue weighted by Gasteiger charge is -2.42. The second-order valence-corrected chi connectivity index (χ2v) is 11.8. The number of likely N-dealkylation sites (tertiary alicyclic amines) is 1. The molecule has 47 heavy (non-hydrogen) atoms. The minimum atomic E-state index is -1.39. The molecule has 3 aromatic carbocycles. The van der Waals surface area contributed by atoms with Crippen molar-refractivity contribution < 1.29 is 42.7 Å². The Kier molecular flexibility index (Phi) is 12.7. The highest BCUT2D eigenvalue weighted by Crippen LogP contribution is 2.36. The zero-order valence-electron chi connectivity index (χ0n) is 27.1. The van der Waals surface area contributed by atoms with Gasteiger partial charge in [-0.05, 0) is 47.4 Å². The van der Waals surface area contributed by atoms with Crippen LogP contribution in [0.1, 0.15) is 29.0 Å². The highest BCUT2D eigenvalue weighted by molar-refractivity contribution is 5.65. The summed E-state index contributed by atoms with van der Waals surface area (Å²) >= 11 is 0. The Balaban J connectivity index is 1.30. The Hall–Kier alpha value is -3.90. The van der Waals surface area contributed by atoms with E-state index in [9.17, 15) is 9.90 Å². The largest absolute Gasteiger partial charge is 0.497 e. The molecule has 0 radical (unpaired) electrons. The van der Waals surface area contributed by atoms with Crippen LogP contribution < -0.4 is 14.4 Å². The molecule has 1 amide bonds. The van der Waals surface area contributed by atoms with Crippen molar-refractivity contribution in [2.75, 3.05) is 71.7 Å². The molecule has 1 fully saturated rings. The second-order valence-electron chi connectivity index (χ2n) is 11.8. The Labute approximate surface area is 275 Å². The number of benzene rings is 3. The average Bonchev–Trinajstić information content (AvgIpc) is 3.10. The van der Waals surface area contributed by atoms with Gasteiger partial charge in [-0.3, -0.25) is 0 Å². The molecule has 0 aromatic heterocycles. The Morgan fingerprint density at radius 2 is 1.72 bits per heavy atom. The fourth-order valence-electron chi connectivity index (χ4n) is 6.10. The van der Waals surface area contributed by atoms with E-state index in [0.717, 1.165) is 47.6 Å². The molecule has 1 unspecified atom stereocenters. The van der Waals surface area contributed by atoms with E-state index in [4.69, 9.17) is 28.4 Å². The van der Waals surface area contributed by atoms with E-state index in [2.05, 4.69) is 11.0 Å². The maximum Gasteiger partial charge on any atom is 0.407 e. The number of rotatable bonds is 16. The summed E-state index contributed by atoms with van der Waals surface area (Å²) in [4.78, 5) is 15.8. The molecule has 2 aliphatic heterocycles. The molecule has 0 aliphatic carbocycles. The first-order valence-electron chi connectivity index (χ1n) is 16.1. The number of carbonyl (C=O) groups is 1. The van der Waals surface area contributed by atoms with Crippen LogP contribution in [0, 0.1) is 0 Å². The first-order chi connectivity index (χ1) is 22.9. The number of halogens is 1. The van der Waals surface area contributed by atoms with Crippen molar-refractivity contribution in [3.8, 4) is 11.5 Å². The number of hydrogen-bond donors (Lipinski definition) is 1. The van der Waals surface area contributed by atoms with E-state index in [1.54, 1.807) is 14.2 Å². The lowest BCUT2D eigenvalue weighted by molar-refractivity contribution is -0.101. The molecule has 11 heteroatoms. The SMILES string of the molecule is COCCCN1CCOc2ccc(CO[C@H]3CN(C(=O)O)C[C@@H](OCC(F)COCc4ccccc4)[C@@H]3c3ccc(OC)cc3)cc21. The first kappa shape index (κ1) is 34.4. The zero-order valence-corrected chi connectivity index (χ0v) is 27.1. The van der Waals surface area contributed by atoms with Crippen LogP contribution in [0.15, 0.2) is 72.8 Å². The van der Waals surface area contributed by atoms with Crippen molar-refractivity contribution in [3.63, 3.8) is 0 Å². The van der Waals surface area contributed by atoms with Gasteiger partial charge in [-0.2, -0.15) is 0 Å². The van der Waals surface area contributed by atoms with Crippen LogP contribution in [0.25, 0.3) is 0 Å². The monoisotopic (exact) mass is 652 g/mol. The lowest BCUT2D eigenvalue weighted by Crippen LogP contribution is -2.54. The van der Waals surface area contributed by atoms with Crippen LogP contribution in [0.5, 0.6) is 11.5 Å².